The monoisotopic (exact) mass is 543 g/mol. The molecule has 208 valence electrons. The second kappa shape index (κ2) is 13.4. The first-order valence-corrected chi connectivity index (χ1v) is 15.2. The molecule has 1 saturated carbocycles. The molecule has 9 heteroatoms. The lowest BCUT2D eigenvalue weighted by Gasteiger charge is -2.31. The molecule has 7 nitrogen and oxygen atoms in total. The van der Waals surface area contributed by atoms with Gasteiger partial charge in [-0.25, -0.2) is 9.37 Å². The molecule has 1 unspecified atom stereocenters. The first-order valence-electron chi connectivity index (χ1n) is 13.6. The number of aromatic nitrogens is 1. The van der Waals surface area contributed by atoms with E-state index in [1.54, 1.807) is 0 Å². The van der Waals surface area contributed by atoms with E-state index in [0.717, 1.165) is 35.8 Å². The third kappa shape index (κ3) is 7.43. The van der Waals surface area contributed by atoms with Crippen LogP contribution in [0.3, 0.4) is 0 Å². The summed E-state index contributed by atoms with van der Waals surface area (Å²) >= 11 is 0. The molecular formula is C29H42FN5O2S. The van der Waals surface area contributed by atoms with E-state index >= 15 is 0 Å². The quantitative estimate of drug-likeness (QED) is 0.442. The van der Waals surface area contributed by atoms with Gasteiger partial charge in [0.05, 0.1) is 11.8 Å². The molecule has 0 bridgehead atoms. The number of alkyl halides is 1. The highest BCUT2D eigenvalue weighted by molar-refractivity contribution is 7.86. The summed E-state index contributed by atoms with van der Waals surface area (Å²) in [4.78, 5) is 20.1. The van der Waals surface area contributed by atoms with Crippen molar-refractivity contribution in [2.24, 2.45) is 5.92 Å². The molecule has 1 amide bonds. The zero-order valence-corrected chi connectivity index (χ0v) is 24.2. The SMILES string of the molecule is CC(C)(C)c1nc([C@@H]2CC[C@H](F)CC2C(=O)NCC#N)c(-c2ccc(N3CCS(=N)CC3)cc2)o1.CCC. The van der Waals surface area contributed by atoms with Gasteiger partial charge in [-0.2, -0.15) is 5.26 Å². The number of hydrogen-bond acceptors (Lipinski definition) is 6. The van der Waals surface area contributed by atoms with Crippen LogP contribution in [0.15, 0.2) is 28.7 Å². The summed E-state index contributed by atoms with van der Waals surface area (Å²) in [5.41, 5.74) is 2.36. The van der Waals surface area contributed by atoms with Crippen molar-refractivity contribution < 1.29 is 13.6 Å². The number of rotatable bonds is 5. The van der Waals surface area contributed by atoms with Crippen molar-refractivity contribution in [1.29, 1.82) is 10.0 Å². The number of anilines is 1. The number of hydrogen-bond donors (Lipinski definition) is 2. The summed E-state index contributed by atoms with van der Waals surface area (Å²) in [7, 11) is -0.235. The molecule has 0 spiro atoms. The van der Waals surface area contributed by atoms with Gasteiger partial charge < -0.3 is 14.6 Å². The Morgan fingerprint density at radius 2 is 1.87 bits per heavy atom. The standard InChI is InChI=1S/C26H34FN5O2S.C3H8/c1-26(2,3)25-31-22(20-9-6-18(27)16-21(20)24(33)30-11-10-28)23(34-25)17-4-7-19(8-5-17)32-12-14-35(29)15-13-32;1-3-2/h4-5,7-8,18,20-21,29H,6,9,11-16H2,1-3H3,(H,30,33);3H2,1-2H3/t18-,20+,21?;/m0./s1. The normalized spacial score (nSPS) is 22.2. The fraction of sp³-hybridized carbons (Fsp3) is 0.621. The number of halogens is 1. The lowest BCUT2D eigenvalue weighted by molar-refractivity contribution is -0.127. The molecule has 38 heavy (non-hydrogen) atoms. The van der Waals surface area contributed by atoms with Gasteiger partial charge >= 0.3 is 0 Å². The minimum Gasteiger partial charge on any atom is -0.440 e. The molecule has 1 aromatic carbocycles. The van der Waals surface area contributed by atoms with Crippen LogP contribution in [0.25, 0.3) is 11.3 Å². The third-order valence-corrected chi connectivity index (χ3v) is 8.17. The second-order valence-corrected chi connectivity index (χ2v) is 12.9. The number of nitriles is 1. The van der Waals surface area contributed by atoms with Crippen molar-refractivity contribution in [2.45, 2.75) is 77.8 Å². The summed E-state index contributed by atoms with van der Waals surface area (Å²) in [5, 5.41) is 11.5. The van der Waals surface area contributed by atoms with E-state index in [-0.39, 0.29) is 40.9 Å². The van der Waals surface area contributed by atoms with Crippen LogP contribution in [0.2, 0.25) is 0 Å². The number of nitrogens with one attached hydrogen (secondary N) is 2. The molecular weight excluding hydrogens is 501 g/mol. The summed E-state index contributed by atoms with van der Waals surface area (Å²) in [6.07, 6.45) is 1.19. The molecule has 2 aromatic rings. The Hall–Kier alpha value is -2.73. The molecule has 2 N–H and O–H groups in total. The van der Waals surface area contributed by atoms with E-state index in [1.807, 2.05) is 39.0 Å². The van der Waals surface area contributed by atoms with E-state index in [2.05, 4.69) is 36.2 Å². The van der Waals surface area contributed by atoms with Crippen LogP contribution in [0.4, 0.5) is 10.1 Å². The number of oxazole rings is 1. The van der Waals surface area contributed by atoms with Gasteiger partial charge in [-0.1, -0.05) is 41.0 Å². The van der Waals surface area contributed by atoms with Gasteiger partial charge in [0.1, 0.15) is 12.7 Å². The Labute approximate surface area is 229 Å². The first kappa shape index (κ1) is 29.8. The molecule has 2 aliphatic rings. The molecule has 3 atom stereocenters. The van der Waals surface area contributed by atoms with E-state index in [9.17, 15) is 9.18 Å². The summed E-state index contributed by atoms with van der Waals surface area (Å²) < 4.78 is 28.6. The van der Waals surface area contributed by atoms with Crippen LogP contribution in [0, 0.1) is 22.0 Å². The van der Waals surface area contributed by atoms with Gasteiger partial charge in [-0.05, 0) is 43.5 Å². The third-order valence-electron chi connectivity index (χ3n) is 6.82. The van der Waals surface area contributed by atoms with Crippen LogP contribution in [-0.2, 0) is 20.9 Å². The van der Waals surface area contributed by atoms with Crippen molar-refractivity contribution in [2.75, 3.05) is 36.0 Å². The van der Waals surface area contributed by atoms with Crippen LogP contribution in [-0.4, -0.2) is 48.2 Å². The summed E-state index contributed by atoms with van der Waals surface area (Å²) in [6.45, 7) is 12.0. The van der Waals surface area contributed by atoms with Gasteiger partial charge in [0.2, 0.25) is 11.8 Å². The minimum absolute atomic E-state index is 0.0999. The van der Waals surface area contributed by atoms with E-state index in [4.69, 9.17) is 19.4 Å². The first-order chi connectivity index (χ1) is 18.1. The van der Waals surface area contributed by atoms with Gasteiger partial charge in [0, 0.05) is 53.1 Å². The van der Waals surface area contributed by atoms with Crippen molar-refractivity contribution in [1.82, 2.24) is 10.3 Å². The Balaban J connectivity index is 0.00000127. The Bertz CT molecular complexity index is 1130. The van der Waals surface area contributed by atoms with Crippen molar-refractivity contribution >= 4 is 22.3 Å². The number of benzene rings is 1. The average Bonchev–Trinajstić information content (AvgIpc) is 3.34. The lowest BCUT2D eigenvalue weighted by atomic mass is 9.75. The van der Waals surface area contributed by atoms with Crippen molar-refractivity contribution in [3.8, 4) is 17.4 Å². The van der Waals surface area contributed by atoms with Gasteiger partial charge in [-0.3, -0.25) is 9.57 Å². The molecule has 2 fully saturated rings. The largest absolute Gasteiger partial charge is 0.440 e. The van der Waals surface area contributed by atoms with E-state index in [0.29, 0.717) is 30.2 Å². The van der Waals surface area contributed by atoms with Gasteiger partial charge in [0.25, 0.3) is 0 Å². The topological polar surface area (TPSA) is 106 Å². The number of amides is 1. The smallest absolute Gasteiger partial charge is 0.224 e. The molecule has 4 rings (SSSR count). The Morgan fingerprint density at radius 3 is 2.45 bits per heavy atom. The highest BCUT2D eigenvalue weighted by Crippen LogP contribution is 2.44. The van der Waals surface area contributed by atoms with Crippen molar-refractivity contribution in [3.63, 3.8) is 0 Å². The second-order valence-electron chi connectivity index (χ2n) is 11.1. The predicted molar refractivity (Wildman–Crippen MR) is 152 cm³/mol. The van der Waals surface area contributed by atoms with Crippen LogP contribution < -0.4 is 10.2 Å². The highest BCUT2D eigenvalue weighted by atomic mass is 32.2. The van der Waals surface area contributed by atoms with E-state index < -0.39 is 12.1 Å². The maximum Gasteiger partial charge on any atom is 0.224 e. The van der Waals surface area contributed by atoms with Crippen LogP contribution in [0.1, 0.15) is 77.8 Å². The molecule has 1 aromatic heterocycles. The zero-order chi connectivity index (χ0) is 27.9. The zero-order valence-electron chi connectivity index (χ0n) is 23.3. The maximum absolute atomic E-state index is 14.4. The van der Waals surface area contributed by atoms with Gasteiger partial charge in [-0.15, -0.1) is 10.7 Å². The Kier molecular flexibility index (Phi) is 10.5. The van der Waals surface area contributed by atoms with Crippen LogP contribution >= 0.6 is 0 Å². The fourth-order valence-electron chi connectivity index (χ4n) is 4.84. The highest BCUT2D eigenvalue weighted by Gasteiger charge is 2.40. The summed E-state index contributed by atoms with van der Waals surface area (Å²) in [5.74, 6) is 1.82. The number of nitrogens with zero attached hydrogens (tertiary/aromatic N) is 3. The molecule has 2 heterocycles. The number of carbonyl (C=O) groups is 1. The maximum atomic E-state index is 14.4. The average molecular weight is 544 g/mol. The van der Waals surface area contributed by atoms with Crippen LogP contribution in [0.5, 0.6) is 0 Å². The minimum atomic E-state index is -1.05. The fourth-order valence-corrected chi connectivity index (χ4v) is 5.93. The molecule has 1 saturated heterocycles. The lowest BCUT2D eigenvalue weighted by Crippen LogP contribution is -2.38. The molecule has 1 aliphatic heterocycles. The predicted octanol–water partition coefficient (Wildman–Crippen LogP) is 6.12. The van der Waals surface area contributed by atoms with Crippen molar-refractivity contribution in [3.05, 3.63) is 35.9 Å². The van der Waals surface area contributed by atoms with Gasteiger partial charge in [0.15, 0.2) is 5.76 Å². The summed E-state index contributed by atoms with van der Waals surface area (Å²) in [6, 6.07) is 10.1. The number of carbonyl (C=O) groups excluding carboxylic acids is 1. The molecule has 0 radical (unpaired) electrons. The molecule has 1 aliphatic carbocycles. The van der Waals surface area contributed by atoms with E-state index in [1.165, 1.54) is 6.42 Å². The Morgan fingerprint density at radius 1 is 1.24 bits per heavy atom.